The molecule has 1 aliphatic heterocycles. The van der Waals surface area contributed by atoms with Crippen molar-refractivity contribution in [3.05, 3.63) is 47.7 Å². The molecule has 0 bridgehead atoms. The summed E-state index contributed by atoms with van der Waals surface area (Å²) in [5.41, 5.74) is 1.94. The minimum absolute atomic E-state index is 0.113. The first-order valence-electron chi connectivity index (χ1n) is 7.89. The van der Waals surface area contributed by atoms with Crippen LogP contribution < -0.4 is 10.2 Å². The molecule has 3 heterocycles. The summed E-state index contributed by atoms with van der Waals surface area (Å²) in [5.74, 6) is -0.113. The molecule has 0 radical (unpaired) electrons. The monoisotopic (exact) mass is 342 g/mol. The van der Waals surface area contributed by atoms with Crippen LogP contribution in [0.2, 0.25) is 0 Å². The van der Waals surface area contributed by atoms with Crippen LogP contribution in [-0.4, -0.2) is 41.1 Å². The maximum atomic E-state index is 12.4. The smallest absolute Gasteiger partial charge is 0.267 e. The molecule has 1 saturated heterocycles. The molecule has 1 fully saturated rings. The predicted octanol–water partition coefficient (Wildman–Crippen LogP) is 2.87. The van der Waals surface area contributed by atoms with Gasteiger partial charge in [-0.1, -0.05) is 11.3 Å². The van der Waals surface area contributed by atoms with E-state index in [4.69, 9.17) is 4.74 Å². The molecule has 6 nitrogen and oxygen atoms in total. The van der Waals surface area contributed by atoms with Gasteiger partial charge in [-0.05, 0) is 31.2 Å². The number of fused-ring (bicyclic) bond motifs is 1. The zero-order valence-corrected chi connectivity index (χ0v) is 14.1. The van der Waals surface area contributed by atoms with Gasteiger partial charge in [0, 0.05) is 42.6 Å². The first-order valence-corrected chi connectivity index (χ1v) is 8.71. The maximum Gasteiger partial charge on any atom is 0.267 e. The van der Waals surface area contributed by atoms with E-state index < -0.39 is 0 Å². The van der Waals surface area contributed by atoms with Gasteiger partial charge in [0.1, 0.15) is 4.88 Å². The van der Waals surface area contributed by atoms with Crippen LogP contribution in [0.1, 0.15) is 16.6 Å². The fourth-order valence-corrected chi connectivity index (χ4v) is 3.71. The minimum Gasteiger partial charge on any atom is -0.377 e. The van der Waals surface area contributed by atoms with E-state index in [9.17, 15) is 4.79 Å². The van der Waals surface area contributed by atoms with Crippen molar-refractivity contribution < 1.29 is 9.53 Å². The van der Waals surface area contributed by atoms with Gasteiger partial charge < -0.3 is 15.0 Å². The number of nitrogens with one attached hydrogen (secondary N) is 1. The van der Waals surface area contributed by atoms with Gasteiger partial charge in [0.05, 0.1) is 13.2 Å². The third-order valence-electron chi connectivity index (χ3n) is 4.14. The highest BCUT2D eigenvalue weighted by Crippen LogP contribution is 2.23. The van der Waals surface area contributed by atoms with E-state index in [-0.39, 0.29) is 5.91 Å². The number of hydrogen-bond donors (Lipinski definition) is 1. The molecule has 0 aliphatic carbocycles. The van der Waals surface area contributed by atoms with Crippen LogP contribution in [0, 0.1) is 0 Å². The van der Waals surface area contributed by atoms with Crippen LogP contribution in [0.25, 0.3) is 4.96 Å². The lowest BCUT2D eigenvalue weighted by Crippen LogP contribution is -2.43. The summed E-state index contributed by atoms with van der Waals surface area (Å²) < 4.78 is 7.32. The molecule has 1 aromatic carbocycles. The lowest BCUT2D eigenvalue weighted by molar-refractivity contribution is 0.0989. The molecule has 124 valence electrons. The Balaban J connectivity index is 1.46. The molecule has 0 unspecified atom stereocenters. The zero-order chi connectivity index (χ0) is 16.5. The van der Waals surface area contributed by atoms with Crippen molar-refractivity contribution in [1.82, 2.24) is 9.38 Å². The largest absolute Gasteiger partial charge is 0.377 e. The van der Waals surface area contributed by atoms with E-state index in [2.05, 4.69) is 22.1 Å². The maximum absolute atomic E-state index is 12.4. The average molecular weight is 342 g/mol. The van der Waals surface area contributed by atoms with Crippen molar-refractivity contribution in [2.45, 2.75) is 13.0 Å². The first kappa shape index (κ1) is 15.2. The van der Waals surface area contributed by atoms with Crippen LogP contribution >= 0.6 is 11.3 Å². The third-order valence-corrected chi connectivity index (χ3v) is 5.15. The van der Waals surface area contributed by atoms with Gasteiger partial charge in [-0.3, -0.25) is 9.20 Å². The van der Waals surface area contributed by atoms with E-state index in [0.29, 0.717) is 10.9 Å². The number of imidazole rings is 1. The standard InChI is InChI=1S/C17H18N4O2S/c1-12-11-23-9-8-21(12)14-4-2-13(3-5-14)19-16(22)15-10-20-7-6-18-17(20)24-15/h2-7,10,12H,8-9,11H2,1H3,(H,19,22)/t12-/m1/s1. The molecule has 1 atom stereocenters. The lowest BCUT2D eigenvalue weighted by Gasteiger charge is -2.35. The van der Waals surface area contributed by atoms with Gasteiger partial charge in [0.2, 0.25) is 0 Å². The third kappa shape index (κ3) is 2.88. The van der Waals surface area contributed by atoms with Crippen LogP contribution in [0.5, 0.6) is 0 Å². The summed E-state index contributed by atoms with van der Waals surface area (Å²) in [5, 5.41) is 2.94. The Morgan fingerprint density at radius 3 is 2.96 bits per heavy atom. The van der Waals surface area contributed by atoms with Crippen LogP contribution in [0.4, 0.5) is 11.4 Å². The molecule has 1 aliphatic rings. The summed E-state index contributed by atoms with van der Waals surface area (Å²) >= 11 is 1.38. The Morgan fingerprint density at radius 2 is 2.21 bits per heavy atom. The average Bonchev–Trinajstić information content (AvgIpc) is 3.18. The molecule has 2 aromatic heterocycles. The fraction of sp³-hybridized carbons (Fsp3) is 0.294. The molecular formula is C17H18N4O2S. The Morgan fingerprint density at radius 1 is 1.38 bits per heavy atom. The van der Waals surface area contributed by atoms with Crippen molar-refractivity contribution in [1.29, 1.82) is 0 Å². The fourth-order valence-electron chi connectivity index (χ4n) is 2.87. The molecule has 3 aromatic rings. The van der Waals surface area contributed by atoms with Gasteiger partial charge in [-0.15, -0.1) is 0 Å². The molecule has 1 N–H and O–H groups in total. The van der Waals surface area contributed by atoms with Gasteiger partial charge in [-0.25, -0.2) is 4.98 Å². The van der Waals surface area contributed by atoms with E-state index in [1.54, 1.807) is 12.4 Å². The Bertz CT molecular complexity index is 826. The highest BCUT2D eigenvalue weighted by molar-refractivity contribution is 7.18. The van der Waals surface area contributed by atoms with Gasteiger partial charge in [-0.2, -0.15) is 0 Å². The van der Waals surface area contributed by atoms with Crippen molar-refractivity contribution in [2.24, 2.45) is 0 Å². The molecule has 7 heteroatoms. The quantitative estimate of drug-likeness (QED) is 0.795. The number of carbonyl (C=O) groups excluding carboxylic acids is 1. The van der Waals surface area contributed by atoms with Crippen LogP contribution in [0.15, 0.2) is 42.9 Å². The van der Waals surface area contributed by atoms with Crippen LogP contribution in [-0.2, 0) is 4.74 Å². The topological polar surface area (TPSA) is 58.9 Å². The van der Waals surface area contributed by atoms with E-state index in [1.807, 2.05) is 34.9 Å². The second kappa shape index (κ2) is 6.26. The summed E-state index contributed by atoms with van der Waals surface area (Å²) in [6.07, 6.45) is 5.35. The molecular weight excluding hydrogens is 324 g/mol. The second-order valence-electron chi connectivity index (χ2n) is 5.83. The first-order chi connectivity index (χ1) is 11.7. The van der Waals surface area contributed by atoms with Gasteiger partial charge >= 0.3 is 0 Å². The number of thiazole rings is 1. The normalized spacial score (nSPS) is 18.0. The molecule has 24 heavy (non-hydrogen) atoms. The SMILES string of the molecule is C[C@@H]1COCCN1c1ccc(NC(=O)c2cn3ccnc3s2)cc1. The highest BCUT2D eigenvalue weighted by Gasteiger charge is 2.19. The molecule has 4 rings (SSSR count). The number of morpholine rings is 1. The minimum atomic E-state index is -0.113. The number of hydrogen-bond acceptors (Lipinski definition) is 5. The van der Waals surface area contributed by atoms with E-state index in [0.717, 1.165) is 36.1 Å². The number of ether oxygens (including phenoxy) is 1. The van der Waals surface area contributed by atoms with Crippen LogP contribution in [0.3, 0.4) is 0 Å². The second-order valence-corrected chi connectivity index (χ2v) is 6.84. The van der Waals surface area contributed by atoms with Crippen molar-refractivity contribution in [3.8, 4) is 0 Å². The Kier molecular flexibility index (Phi) is 3.95. The number of aromatic nitrogens is 2. The van der Waals surface area contributed by atoms with Crippen molar-refractivity contribution >= 4 is 33.6 Å². The van der Waals surface area contributed by atoms with Crippen molar-refractivity contribution in [3.63, 3.8) is 0 Å². The zero-order valence-electron chi connectivity index (χ0n) is 13.3. The van der Waals surface area contributed by atoms with E-state index >= 15 is 0 Å². The summed E-state index contributed by atoms with van der Waals surface area (Å²) in [7, 11) is 0. The van der Waals surface area contributed by atoms with Gasteiger partial charge in [0.25, 0.3) is 5.91 Å². The predicted molar refractivity (Wildman–Crippen MR) is 95.1 cm³/mol. The summed E-state index contributed by atoms with van der Waals surface area (Å²) in [6.45, 7) is 4.55. The summed E-state index contributed by atoms with van der Waals surface area (Å²) in [6, 6.07) is 8.32. The number of anilines is 2. The number of amides is 1. The molecule has 1 amide bonds. The number of rotatable bonds is 3. The lowest BCUT2D eigenvalue weighted by atomic mass is 10.2. The number of nitrogens with zero attached hydrogens (tertiary/aromatic N) is 3. The van der Waals surface area contributed by atoms with E-state index in [1.165, 1.54) is 11.3 Å². The number of benzene rings is 1. The summed E-state index contributed by atoms with van der Waals surface area (Å²) in [4.78, 5) is 20.3. The Labute approximate surface area is 143 Å². The molecule has 0 saturated carbocycles. The number of carbonyl (C=O) groups is 1. The van der Waals surface area contributed by atoms with Crippen molar-refractivity contribution in [2.75, 3.05) is 30.0 Å². The van der Waals surface area contributed by atoms with Gasteiger partial charge in [0.15, 0.2) is 4.96 Å². The molecule has 0 spiro atoms. The highest BCUT2D eigenvalue weighted by atomic mass is 32.1. The Hall–Kier alpha value is -2.38.